The summed E-state index contributed by atoms with van der Waals surface area (Å²) in [7, 11) is 0. The fourth-order valence-corrected chi connectivity index (χ4v) is 5.05. The molecule has 3 heterocycles. The average Bonchev–Trinajstić information content (AvgIpc) is 3.58. The molecule has 0 saturated heterocycles. The molecule has 5 aromatic rings. The smallest absolute Gasteiger partial charge is 0.292 e. The van der Waals surface area contributed by atoms with E-state index in [9.17, 15) is 4.79 Å². The number of nitrogens with zero attached hydrogens (tertiary/aromatic N) is 6. The highest BCUT2D eigenvalue weighted by molar-refractivity contribution is 6.32. The van der Waals surface area contributed by atoms with Crippen LogP contribution >= 0.6 is 11.6 Å². The summed E-state index contributed by atoms with van der Waals surface area (Å²) < 4.78 is 3.61. The van der Waals surface area contributed by atoms with E-state index >= 15 is 0 Å². The van der Waals surface area contributed by atoms with Crippen molar-refractivity contribution >= 4 is 11.6 Å². The fraction of sp³-hybridized carbons (Fsp3) is 0.276. The molecule has 194 valence electrons. The van der Waals surface area contributed by atoms with Gasteiger partial charge in [0.15, 0.2) is 5.82 Å². The van der Waals surface area contributed by atoms with E-state index in [0.717, 1.165) is 71.4 Å². The molecule has 1 N–H and O–H groups in total. The number of imidazole rings is 1. The Labute approximate surface area is 226 Å². The number of rotatable bonds is 10. The van der Waals surface area contributed by atoms with E-state index < -0.39 is 0 Å². The summed E-state index contributed by atoms with van der Waals surface area (Å²) in [6.07, 6.45) is 8.44. The van der Waals surface area contributed by atoms with Gasteiger partial charge in [-0.3, -0.25) is 14.1 Å². The lowest BCUT2D eigenvalue weighted by Crippen LogP contribution is -2.25. The molecule has 38 heavy (non-hydrogen) atoms. The van der Waals surface area contributed by atoms with Crippen LogP contribution in [0.5, 0.6) is 0 Å². The van der Waals surface area contributed by atoms with Gasteiger partial charge >= 0.3 is 5.69 Å². The van der Waals surface area contributed by atoms with Gasteiger partial charge in [0.2, 0.25) is 0 Å². The first kappa shape index (κ1) is 25.6. The number of para-hydroxylation sites is 1. The van der Waals surface area contributed by atoms with Crippen LogP contribution in [-0.4, -0.2) is 34.7 Å². The topological polar surface area (TPSA) is 94.3 Å². The minimum Gasteiger partial charge on any atom is -0.292 e. The predicted molar refractivity (Wildman–Crippen MR) is 150 cm³/mol. The normalized spacial score (nSPS) is 11.2. The van der Waals surface area contributed by atoms with Crippen LogP contribution in [-0.2, 0) is 19.4 Å². The predicted octanol–water partition coefficient (Wildman–Crippen LogP) is 5.88. The molecule has 0 spiro atoms. The molecule has 2 aromatic carbocycles. The lowest BCUT2D eigenvalue weighted by molar-refractivity contribution is 0.673. The lowest BCUT2D eigenvalue weighted by atomic mass is 10.0. The number of tetrazole rings is 1. The molecule has 9 heteroatoms. The fourth-order valence-electron chi connectivity index (χ4n) is 4.76. The summed E-state index contributed by atoms with van der Waals surface area (Å²) >= 11 is 6.63. The summed E-state index contributed by atoms with van der Waals surface area (Å²) in [4.78, 5) is 18.3. The SMILES string of the molecule is CCCCc1cn(-c2c(Cl)cccc2CCC)c(=O)n1Cc1ccc(-c2ncccc2-c2nnn[nH]2)cc1. The number of benzene rings is 2. The molecule has 8 nitrogen and oxygen atoms in total. The van der Waals surface area contributed by atoms with Crippen molar-refractivity contribution in [3.8, 4) is 28.3 Å². The maximum absolute atomic E-state index is 13.8. The number of aromatic nitrogens is 7. The van der Waals surface area contributed by atoms with Crippen molar-refractivity contribution in [3.05, 3.63) is 99.3 Å². The van der Waals surface area contributed by atoms with Gasteiger partial charge in [0.05, 0.1) is 22.9 Å². The van der Waals surface area contributed by atoms with Crippen LogP contribution in [0.2, 0.25) is 5.02 Å². The van der Waals surface area contributed by atoms with Gasteiger partial charge in [0.1, 0.15) is 0 Å². The Balaban J connectivity index is 1.50. The zero-order valence-corrected chi connectivity index (χ0v) is 22.3. The Morgan fingerprint density at radius 1 is 0.974 bits per heavy atom. The van der Waals surface area contributed by atoms with Crippen molar-refractivity contribution in [1.29, 1.82) is 0 Å². The van der Waals surface area contributed by atoms with Crippen LogP contribution in [0.25, 0.3) is 28.3 Å². The van der Waals surface area contributed by atoms with Gasteiger partial charge in [0, 0.05) is 29.2 Å². The average molecular weight is 528 g/mol. The largest absolute Gasteiger partial charge is 0.333 e. The highest BCUT2D eigenvalue weighted by Gasteiger charge is 2.18. The highest BCUT2D eigenvalue weighted by Crippen LogP contribution is 2.28. The number of nitrogens with one attached hydrogen (secondary N) is 1. The Hall–Kier alpha value is -4.04. The van der Waals surface area contributed by atoms with Crippen molar-refractivity contribution in [2.75, 3.05) is 0 Å². The van der Waals surface area contributed by atoms with E-state index in [1.165, 1.54) is 0 Å². The second kappa shape index (κ2) is 11.6. The van der Waals surface area contributed by atoms with Crippen molar-refractivity contribution < 1.29 is 0 Å². The van der Waals surface area contributed by atoms with E-state index in [0.29, 0.717) is 17.4 Å². The van der Waals surface area contributed by atoms with Gasteiger partial charge in [-0.15, -0.1) is 5.10 Å². The summed E-state index contributed by atoms with van der Waals surface area (Å²) in [5, 5.41) is 14.8. The van der Waals surface area contributed by atoms with E-state index in [1.54, 1.807) is 10.8 Å². The number of aryl methyl sites for hydroxylation is 2. The standard InChI is InChI=1S/C29H30ClN7O/c1-3-5-10-23-19-37(27-22(8-4-2)9-6-12-25(27)30)29(38)36(23)18-20-13-15-21(16-14-20)26-24(11-7-17-31-26)28-32-34-35-33-28/h6-7,9,11-17,19H,3-5,8,10,18H2,1-2H3,(H,32,33,34,35). The van der Waals surface area contributed by atoms with Crippen LogP contribution in [0, 0.1) is 0 Å². The lowest BCUT2D eigenvalue weighted by Gasteiger charge is -2.11. The van der Waals surface area contributed by atoms with Crippen LogP contribution < -0.4 is 5.69 Å². The monoisotopic (exact) mass is 527 g/mol. The Kier molecular flexibility index (Phi) is 7.79. The number of H-pyrrole nitrogens is 1. The first-order valence-corrected chi connectivity index (χ1v) is 13.4. The molecule has 0 fully saturated rings. The van der Waals surface area contributed by atoms with Gasteiger partial charge in [-0.1, -0.05) is 74.7 Å². The number of hydrogen-bond donors (Lipinski definition) is 1. The zero-order valence-electron chi connectivity index (χ0n) is 21.6. The molecule has 0 aliphatic rings. The number of aromatic amines is 1. The molecule has 0 bridgehead atoms. The number of pyridine rings is 1. The summed E-state index contributed by atoms with van der Waals surface area (Å²) in [6, 6.07) is 17.8. The molecule has 0 saturated carbocycles. The quantitative estimate of drug-likeness (QED) is 0.245. The third-order valence-corrected chi connectivity index (χ3v) is 6.96. The molecular formula is C29H30ClN7O. The maximum Gasteiger partial charge on any atom is 0.333 e. The highest BCUT2D eigenvalue weighted by atomic mass is 35.5. The van der Waals surface area contributed by atoms with E-state index in [2.05, 4.69) is 45.5 Å². The number of hydrogen-bond acceptors (Lipinski definition) is 5. The first-order chi connectivity index (χ1) is 18.6. The molecule has 0 atom stereocenters. The Morgan fingerprint density at radius 3 is 2.55 bits per heavy atom. The maximum atomic E-state index is 13.8. The summed E-state index contributed by atoms with van der Waals surface area (Å²) in [6.45, 7) is 4.76. The Bertz CT molecular complexity index is 1570. The third kappa shape index (κ3) is 5.17. The molecule has 0 aliphatic carbocycles. The van der Waals surface area contributed by atoms with Crippen LogP contribution in [0.15, 0.2) is 71.8 Å². The summed E-state index contributed by atoms with van der Waals surface area (Å²) in [5.41, 5.74) is 6.38. The van der Waals surface area contributed by atoms with Crippen molar-refractivity contribution in [2.45, 2.75) is 52.5 Å². The molecule has 0 radical (unpaired) electrons. The minimum absolute atomic E-state index is 0.0736. The molecular weight excluding hydrogens is 498 g/mol. The molecule has 5 rings (SSSR count). The van der Waals surface area contributed by atoms with Gasteiger partial charge in [-0.2, -0.15) is 0 Å². The van der Waals surface area contributed by atoms with Crippen LogP contribution in [0.1, 0.15) is 49.9 Å². The van der Waals surface area contributed by atoms with Crippen molar-refractivity contribution in [1.82, 2.24) is 34.7 Å². The minimum atomic E-state index is -0.0736. The van der Waals surface area contributed by atoms with Gasteiger partial charge < -0.3 is 0 Å². The molecule has 0 aliphatic heterocycles. The van der Waals surface area contributed by atoms with Gasteiger partial charge in [-0.25, -0.2) is 9.89 Å². The first-order valence-electron chi connectivity index (χ1n) is 13.0. The number of unbranched alkanes of at least 4 members (excludes halogenated alkanes) is 1. The van der Waals surface area contributed by atoms with E-state index in [1.807, 2.05) is 59.3 Å². The third-order valence-electron chi connectivity index (χ3n) is 6.66. The van der Waals surface area contributed by atoms with Crippen LogP contribution in [0.4, 0.5) is 0 Å². The second-order valence-corrected chi connectivity index (χ2v) is 9.71. The zero-order chi connectivity index (χ0) is 26.5. The van der Waals surface area contributed by atoms with Crippen molar-refractivity contribution in [3.63, 3.8) is 0 Å². The second-order valence-electron chi connectivity index (χ2n) is 9.31. The van der Waals surface area contributed by atoms with Gasteiger partial charge in [0.25, 0.3) is 0 Å². The van der Waals surface area contributed by atoms with Crippen LogP contribution in [0.3, 0.4) is 0 Å². The van der Waals surface area contributed by atoms with E-state index in [-0.39, 0.29) is 5.69 Å². The molecule has 0 amide bonds. The van der Waals surface area contributed by atoms with Gasteiger partial charge in [-0.05, 0) is 59.0 Å². The molecule has 3 aromatic heterocycles. The Morgan fingerprint density at radius 2 is 1.82 bits per heavy atom. The molecule has 0 unspecified atom stereocenters. The summed E-state index contributed by atoms with van der Waals surface area (Å²) in [5.74, 6) is 0.563. The van der Waals surface area contributed by atoms with Crippen molar-refractivity contribution in [2.24, 2.45) is 0 Å². The number of halogens is 1. The van der Waals surface area contributed by atoms with E-state index in [4.69, 9.17) is 11.6 Å².